The summed E-state index contributed by atoms with van der Waals surface area (Å²) in [6.45, 7) is 3.15. The Morgan fingerprint density at radius 1 is 1.53 bits per heavy atom. The van der Waals surface area contributed by atoms with E-state index in [1.54, 1.807) is 19.1 Å². The van der Waals surface area contributed by atoms with Crippen LogP contribution in [0.4, 0.5) is 0 Å². The number of nitrogens with two attached hydrogens (primary N) is 1. The van der Waals surface area contributed by atoms with Crippen LogP contribution in [0.1, 0.15) is 17.5 Å². The van der Waals surface area contributed by atoms with Crippen molar-refractivity contribution >= 4 is 10.0 Å². The summed E-state index contributed by atoms with van der Waals surface area (Å²) in [4.78, 5) is 0.104. The predicted molar refractivity (Wildman–Crippen MR) is 71.8 cm³/mol. The van der Waals surface area contributed by atoms with Gasteiger partial charge in [0.15, 0.2) is 0 Å². The summed E-state index contributed by atoms with van der Waals surface area (Å²) >= 11 is 0. The van der Waals surface area contributed by atoms with Crippen molar-refractivity contribution in [1.29, 1.82) is 5.26 Å². The number of benzene rings is 1. The van der Waals surface area contributed by atoms with Crippen molar-refractivity contribution in [1.82, 2.24) is 4.31 Å². The predicted octanol–water partition coefficient (Wildman–Crippen LogP) is 0.836. The van der Waals surface area contributed by atoms with E-state index in [0.29, 0.717) is 25.2 Å². The first-order chi connectivity index (χ1) is 9.00. The van der Waals surface area contributed by atoms with Gasteiger partial charge in [-0.05, 0) is 37.4 Å². The largest absolute Gasteiger partial charge is 0.330 e. The average Bonchev–Trinajstić information content (AvgIpc) is 2.87. The Morgan fingerprint density at radius 3 is 2.84 bits per heavy atom. The Kier molecular flexibility index (Phi) is 3.90. The zero-order valence-electron chi connectivity index (χ0n) is 10.8. The molecule has 1 saturated heterocycles. The van der Waals surface area contributed by atoms with Crippen LogP contribution in [-0.2, 0) is 10.0 Å². The van der Waals surface area contributed by atoms with E-state index in [1.165, 1.54) is 10.4 Å². The highest BCUT2D eigenvalue weighted by molar-refractivity contribution is 7.89. The Morgan fingerprint density at radius 2 is 2.26 bits per heavy atom. The van der Waals surface area contributed by atoms with Gasteiger partial charge in [0.05, 0.1) is 5.56 Å². The zero-order valence-corrected chi connectivity index (χ0v) is 11.7. The van der Waals surface area contributed by atoms with Crippen molar-refractivity contribution in [2.45, 2.75) is 18.2 Å². The van der Waals surface area contributed by atoms with Crippen molar-refractivity contribution in [2.24, 2.45) is 11.7 Å². The van der Waals surface area contributed by atoms with Crippen molar-refractivity contribution in [3.63, 3.8) is 0 Å². The van der Waals surface area contributed by atoms with Crippen LogP contribution in [0.2, 0.25) is 0 Å². The summed E-state index contributed by atoms with van der Waals surface area (Å²) in [5.74, 6) is 0.213. The molecule has 0 aromatic heterocycles. The van der Waals surface area contributed by atoms with E-state index in [0.717, 1.165) is 6.42 Å². The molecule has 19 heavy (non-hydrogen) atoms. The van der Waals surface area contributed by atoms with Crippen LogP contribution < -0.4 is 5.73 Å². The van der Waals surface area contributed by atoms with Crippen molar-refractivity contribution in [3.05, 3.63) is 29.3 Å². The minimum atomic E-state index is -3.59. The topological polar surface area (TPSA) is 87.2 Å². The molecular formula is C13H17N3O2S. The van der Waals surface area contributed by atoms with E-state index in [1.807, 2.05) is 6.07 Å². The van der Waals surface area contributed by atoms with Crippen molar-refractivity contribution in [3.8, 4) is 6.07 Å². The van der Waals surface area contributed by atoms with Crippen LogP contribution in [-0.4, -0.2) is 32.4 Å². The van der Waals surface area contributed by atoms with Gasteiger partial charge < -0.3 is 5.73 Å². The Balaban J connectivity index is 2.42. The van der Waals surface area contributed by atoms with Crippen molar-refractivity contribution < 1.29 is 8.42 Å². The molecule has 1 unspecified atom stereocenters. The molecule has 0 amide bonds. The molecule has 1 aromatic rings. The molecule has 0 bridgehead atoms. The van der Waals surface area contributed by atoms with Crippen molar-refractivity contribution in [2.75, 3.05) is 19.6 Å². The molecule has 1 fully saturated rings. The molecule has 6 heteroatoms. The summed E-state index contributed by atoms with van der Waals surface area (Å²) in [6.07, 6.45) is 0.781. The van der Waals surface area contributed by atoms with Crippen LogP contribution in [0.15, 0.2) is 23.1 Å². The third kappa shape index (κ3) is 2.50. The first-order valence-electron chi connectivity index (χ1n) is 6.20. The summed E-state index contributed by atoms with van der Waals surface area (Å²) in [5.41, 5.74) is 6.50. The minimum absolute atomic E-state index is 0.104. The number of hydrogen-bond acceptors (Lipinski definition) is 4. The van der Waals surface area contributed by atoms with Crippen LogP contribution in [0.5, 0.6) is 0 Å². The summed E-state index contributed by atoms with van der Waals surface area (Å²) in [5, 5.41) is 9.15. The molecule has 2 N–H and O–H groups in total. The van der Waals surface area contributed by atoms with E-state index >= 15 is 0 Å². The summed E-state index contributed by atoms with van der Waals surface area (Å²) < 4.78 is 26.6. The molecule has 1 aliphatic heterocycles. The monoisotopic (exact) mass is 279 g/mol. The SMILES string of the molecule is Cc1cccc(S(=O)(=O)N2CCC(CN)C2)c1C#N. The van der Waals surface area contributed by atoms with Crippen LogP contribution in [0.3, 0.4) is 0 Å². The van der Waals surface area contributed by atoms with Gasteiger partial charge in [-0.2, -0.15) is 9.57 Å². The lowest BCUT2D eigenvalue weighted by Crippen LogP contribution is -2.30. The quantitative estimate of drug-likeness (QED) is 0.888. The number of nitriles is 1. The van der Waals surface area contributed by atoms with Gasteiger partial charge >= 0.3 is 0 Å². The van der Waals surface area contributed by atoms with E-state index in [-0.39, 0.29) is 16.4 Å². The standard InChI is InChI=1S/C13H17N3O2S/c1-10-3-2-4-13(12(10)8-15)19(17,18)16-6-5-11(7-14)9-16/h2-4,11H,5-7,9,14H2,1H3. The second kappa shape index (κ2) is 5.29. The molecule has 0 saturated carbocycles. The maximum atomic E-state index is 12.6. The number of aryl methyl sites for hydroxylation is 1. The van der Waals surface area contributed by atoms with Gasteiger partial charge in [-0.3, -0.25) is 0 Å². The van der Waals surface area contributed by atoms with Crippen LogP contribution in [0, 0.1) is 24.2 Å². The normalized spacial score (nSPS) is 20.4. The lowest BCUT2D eigenvalue weighted by Gasteiger charge is -2.17. The van der Waals surface area contributed by atoms with Gasteiger partial charge in [0.25, 0.3) is 0 Å². The first-order valence-corrected chi connectivity index (χ1v) is 7.64. The van der Waals surface area contributed by atoms with E-state index < -0.39 is 10.0 Å². The van der Waals surface area contributed by atoms with Gasteiger partial charge in [0.1, 0.15) is 11.0 Å². The van der Waals surface area contributed by atoms with Crippen LogP contribution >= 0.6 is 0 Å². The number of nitrogens with zero attached hydrogens (tertiary/aromatic N) is 2. The molecule has 0 aliphatic carbocycles. The fraction of sp³-hybridized carbons (Fsp3) is 0.462. The van der Waals surface area contributed by atoms with Gasteiger partial charge in [0, 0.05) is 13.1 Å². The fourth-order valence-corrected chi connectivity index (χ4v) is 4.09. The molecule has 5 nitrogen and oxygen atoms in total. The zero-order chi connectivity index (χ0) is 14.0. The van der Waals surface area contributed by atoms with E-state index in [9.17, 15) is 8.42 Å². The van der Waals surface area contributed by atoms with E-state index in [4.69, 9.17) is 11.0 Å². The number of sulfonamides is 1. The minimum Gasteiger partial charge on any atom is -0.330 e. The molecule has 1 aromatic carbocycles. The maximum Gasteiger partial charge on any atom is 0.244 e. The van der Waals surface area contributed by atoms with Crippen LogP contribution in [0.25, 0.3) is 0 Å². The molecule has 1 heterocycles. The average molecular weight is 279 g/mol. The Bertz CT molecular complexity index is 619. The lowest BCUT2D eigenvalue weighted by molar-refractivity contribution is 0.459. The second-order valence-corrected chi connectivity index (χ2v) is 6.72. The maximum absolute atomic E-state index is 12.6. The second-order valence-electron chi connectivity index (χ2n) is 4.81. The number of rotatable bonds is 3. The molecule has 0 spiro atoms. The summed E-state index contributed by atoms with van der Waals surface area (Å²) in [6, 6.07) is 6.89. The Hall–Kier alpha value is -1.42. The molecular weight excluding hydrogens is 262 g/mol. The third-order valence-electron chi connectivity index (χ3n) is 3.55. The molecule has 0 radical (unpaired) electrons. The smallest absolute Gasteiger partial charge is 0.244 e. The number of hydrogen-bond donors (Lipinski definition) is 1. The Labute approximate surface area is 113 Å². The molecule has 1 aliphatic rings. The highest BCUT2D eigenvalue weighted by atomic mass is 32.2. The van der Waals surface area contributed by atoms with E-state index in [2.05, 4.69) is 0 Å². The molecule has 2 rings (SSSR count). The molecule has 1 atom stereocenters. The lowest BCUT2D eigenvalue weighted by atomic mass is 10.1. The third-order valence-corrected chi connectivity index (χ3v) is 5.45. The highest BCUT2D eigenvalue weighted by Crippen LogP contribution is 2.27. The summed E-state index contributed by atoms with van der Waals surface area (Å²) in [7, 11) is -3.59. The van der Waals surface area contributed by atoms with Gasteiger partial charge in [-0.15, -0.1) is 0 Å². The van der Waals surface area contributed by atoms with Gasteiger partial charge in [0.2, 0.25) is 10.0 Å². The first kappa shape index (κ1) is 14.0. The molecule has 102 valence electrons. The van der Waals surface area contributed by atoms with Gasteiger partial charge in [-0.25, -0.2) is 8.42 Å². The van der Waals surface area contributed by atoms with Gasteiger partial charge in [-0.1, -0.05) is 12.1 Å². The fourth-order valence-electron chi connectivity index (χ4n) is 2.35. The highest BCUT2D eigenvalue weighted by Gasteiger charge is 2.33.